The lowest BCUT2D eigenvalue weighted by Gasteiger charge is -2.25. The first-order valence-electron chi connectivity index (χ1n) is 8.30. The van der Waals surface area contributed by atoms with Gasteiger partial charge in [0.15, 0.2) is 5.76 Å². The molecule has 0 radical (unpaired) electrons. The minimum atomic E-state index is -0.357. The third kappa shape index (κ3) is 4.30. The number of aliphatic hydroxyl groups excluding tert-OH is 1. The fraction of sp³-hybridized carbons (Fsp3) is 0.421. The molecular formula is C19H24N2O2. The molecule has 0 fully saturated rings. The summed E-state index contributed by atoms with van der Waals surface area (Å²) in [6.07, 6.45) is 4.68. The van der Waals surface area contributed by atoms with Crippen LogP contribution < -0.4 is 0 Å². The molecule has 1 unspecified atom stereocenters. The van der Waals surface area contributed by atoms with Gasteiger partial charge < -0.3 is 9.63 Å². The van der Waals surface area contributed by atoms with Gasteiger partial charge in [-0.15, -0.1) is 0 Å². The van der Waals surface area contributed by atoms with Gasteiger partial charge in [-0.3, -0.25) is 4.90 Å². The summed E-state index contributed by atoms with van der Waals surface area (Å²) in [5.41, 5.74) is 3.19. The normalized spacial score (nSPS) is 17.0. The maximum Gasteiger partial charge on any atom is 0.162 e. The Balaban J connectivity index is 1.43. The van der Waals surface area contributed by atoms with Crippen LogP contribution >= 0.6 is 0 Å². The van der Waals surface area contributed by atoms with E-state index in [1.54, 1.807) is 0 Å². The summed E-state index contributed by atoms with van der Waals surface area (Å²) in [4.78, 5) is 2.42. The van der Waals surface area contributed by atoms with Gasteiger partial charge in [0.2, 0.25) is 0 Å². The molecule has 0 saturated heterocycles. The number of nitrogens with zero attached hydrogens (tertiary/aromatic N) is 2. The summed E-state index contributed by atoms with van der Waals surface area (Å²) < 4.78 is 5.33. The average molecular weight is 312 g/mol. The van der Waals surface area contributed by atoms with Gasteiger partial charge in [-0.05, 0) is 43.9 Å². The number of hydrogen-bond acceptors (Lipinski definition) is 4. The number of benzene rings is 1. The van der Waals surface area contributed by atoms with Crippen molar-refractivity contribution in [3.8, 4) is 0 Å². The predicted molar refractivity (Wildman–Crippen MR) is 90.9 cm³/mol. The highest BCUT2D eigenvalue weighted by Crippen LogP contribution is 2.23. The zero-order valence-corrected chi connectivity index (χ0v) is 13.6. The lowest BCUT2D eigenvalue weighted by Crippen LogP contribution is -2.29. The summed E-state index contributed by atoms with van der Waals surface area (Å²) in [6.45, 7) is 4.94. The Hall–Kier alpha value is -1.91. The third-order valence-electron chi connectivity index (χ3n) is 4.37. The number of aryl methyl sites for hydroxylation is 1. The Bertz CT molecular complexity index is 648. The largest absolute Gasteiger partial charge is 0.388 e. The standard InChI is InChI=1S/C19H24N2O2/c1-15-14-19(23-20-15)17-9-12-21(13-10-17)11-5-8-18(22)16-6-3-2-4-7-16/h2-4,6-7,9,14,18,22H,5,8,10-13H2,1H3. The van der Waals surface area contributed by atoms with Crippen molar-refractivity contribution in [3.63, 3.8) is 0 Å². The molecule has 4 heteroatoms. The highest BCUT2D eigenvalue weighted by atomic mass is 16.5. The van der Waals surface area contributed by atoms with Gasteiger partial charge in [-0.25, -0.2) is 0 Å². The lowest BCUT2D eigenvalue weighted by atomic mass is 10.0. The summed E-state index contributed by atoms with van der Waals surface area (Å²) in [5.74, 6) is 0.904. The van der Waals surface area contributed by atoms with E-state index in [-0.39, 0.29) is 6.10 Å². The number of hydrogen-bond donors (Lipinski definition) is 1. The van der Waals surface area contributed by atoms with Crippen LogP contribution in [0.1, 0.15) is 42.4 Å². The highest BCUT2D eigenvalue weighted by molar-refractivity contribution is 5.62. The van der Waals surface area contributed by atoms with Crippen LogP contribution in [0.4, 0.5) is 0 Å². The van der Waals surface area contributed by atoms with Crippen molar-refractivity contribution in [1.29, 1.82) is 0 Å². The van der Waals surface area contributed by atoms with E-state index < -0.39 is 0 Å². The Labute approximate surface area is 137 Å². The van der Waals surface area contributed by atoms with E-state index in [1.165, 1.54) is 5.57 Å². The lowest BCUT2D eigenvalue weighted by molar-refractivity contribution is 0.156. The van der Waals surface area contributed by atoms with E-state index in [9.17, 15) is 5.11 Å². The highest BCUT2D eigenvalue weighted by Gasteiger charge is 2.16. The van der Waals surface area contributed by atoms with Crippen LogP contribution in [0, 0.1) is 6.92 Å². The molecule has 1 aliphatic rings. The average Bonchev–Trinajstić information content (AvgIpc) is 3.03. The van der Waals surface area contributed by atoms with E-state index in [1.807, 2.05) is 43.3 Å². The molecule has 2 aromatic rings. The Morgan fingerprint density at radius 1 is 1.30 bits per heavy atom. The summed E-state index contributed by atoms with van der Waals surface area (Å²) in [5, 5.41) is 14.1. The van der Waals surface area contributed by atoms with E-state index in [2.05, 4.69) is 16.1 Å². The minimum Gasteiger partial charge on any atom is -0.388 e. The van der Waals surface area contributed by atoms with Crippen LogP contribution in [0.2, 0.25) is 0 Å². The van der Waals surface area contributed by atoms with Crippen LogP contribution in [-0.4, -0.2) is 34.8 Å². The smallest absolute Gasteiger partial charge is 0.162 e. The zero-order valence-electron chi connectivity index (χ0n) is 13.6. The van der Waals surface area contributed by atoms with E-state index in [0.29, 0.717) is 0 Å². The predicted octanol–water partition coefficient (Wildman–Crippen LogP) is 3.59. The van der Waals surface area contributed by atoms with Gasteiger partial charge in [0.25, 0.3) is 0 Å². The van der Waals surface area contributed by atoms with Crippen LogP contribution in [0.3, 0.4) is 0 Å². The van der Waals surface area contributed by atoms with E-state index in [4.69, 9.17) is 4.52 Å². The van der Waals surface area contributed by atoms with E-state index >= 15 is 0 Å². The Kier molecular flexibility index (Phi) is 5.26. The molecule has 0 spiro atoms. The fourth-order valence-corrected chi connectivity index (χ4v) is 3.00. The van der Waals surface area contributed by atoms with Crippen LogP contribution in [-0.2, 0) is 0 Å². The molecule has 0 amide bonds. The maximum atomic E-state index is 10.2. The first-order valence-corrected chi connectivity index (χ1v) is 8.30. The number of aromatic nitrogens is 1. The second kappa shape index (κ2) is 7.57. The van der Waals surface area contributed by atoms with E-state index in [0.717, 1.165) is 55.9 Å². The summed E-state index contributed by atoms with van der Waals surface area (Å²) in [6, 6.07) is 11.9. The molecule has 1 N–H and O–H groups in total. The van der Waals surface area contributed by atoms with Gasteiger partial charge in [0, 0.05) is 19.2 Å². The first-order chi connectivity index (χ1) is 11.2. The topological polar surface area (TPSA) is 49.5 Å². The second-order valence-corrected chi connectivity index (χ2v) is 6.18. The number of rotatable bonds is 6. The number of aliphatic hydroxyl groups is 1. The maximum absolute atomic E-state index is 10.2. The van der Waals surface area contributed by atoms with Crippen LogP contribution in [0.5, 0.6) is 0 Å². The molecule has 1 aliphatic heterocycles. The second-order valence-electron chi connectivity index (χ2n) is 6.18. The monoisotopic (exact) mass is 312 g/mol. The van der Waals surface area contributed by atoms with Crippen molar-refractivity contribution < 1.29 is 9.63 Å². The quantitative estimate of drug-likeness (QED) is 0.885. The Morgan fingerprint density at radius 3 is 2.78 bits per heavy atom. The Morgan fingerprint density at radius 2 is 2.13 bits per heavy atom. The van der Waals surface area contributed by atoms with Gasteiger partial charge in [-0.1, -0.05) is 41.6 Å². The van der Waals surface area contributed by atoms with Crippen molar-refractivity contribution in [3.05, 3.63) is 59.5 Å². The first kappa shape index (κ1) is 16.0. The van der Waals surface area contributed by atoms with Gasteiger partial charge in [-0.2, -0.15) is 0 Å². The van der Waals surface area contributed by atoms with Crippen molar-refractivity contribution in [2.45, 2.75) is 32.3 Å². The third-order valence-corrected chi connectivity index (χ3v) is 4.37. The van der Waals surface area contributed by atoms with Crippen molar-refractivity contribution in [1.82, 2.24) is 10.1 Å². The zero-order chi connectivity index (χ0) is 16.1. The molecule has 1 atom stereocenters. The van der Waals surface area contributed by atoms with Crippen LogP contribution in [0.15, 0.2) is 47.0 Å². The molecular weight excluding hydrogens is 288 g/mol. The molecule has 1 aromatic carbocycles. The molecule has 122 valence electrons. The molecule has 0 aliphatic carbocycles. The van der Waals surface area contributed by atoms with Crippen molar-refractivity contribution in [2.75, 3.05) is 19.6 Å². The van der Waals surface area contributed by atoms with Crippen molar-refractivity contribution in [2.24, 2.45) is 0 Å². The SMILES string of the molecule is Cc1cc(C2=CCN(CCCC(O)c3ccccc3)CC2)on1. The molecule has 0 saturated carbocycles. The minimum absolute atomic E-state index is 0.357. The molecule has 23 heavy (non-hydrogen) atoms. The molecule has 2 heterocycles. The van der Waals surface area contributed by atoms with Crippen LogP contribution in [0.25, 0.3) is 5.57 Å². The molecule has 1 aromatic heterocycles. The fourth-order valence-electron chi connectivity index (χ4n) is 3.00. The summed E-state index contributed by atoms with van der Waals surface area (Å²) >= 11 is 0. The van der Waals surface area contributed by atoms with Gasteiger partial charge >= 0.3 is 0 Å². The van der Waals surface area contributed by atoms with Crippen molar-refractivity contribution >= 4 is 5.57 Å². The van der Waals surface area contributed by atoms with Gasteiger partial charge in [0.1, 0.15) is 0 Å². The molecule has 0 bridgehead atoms. The van der Waals surface area contributed by atoms with Gasteiger partial charge in [0.05, 0.1) is 11.8 Å². The molecule has 4 nitrogen and oxygen atoms in total. The summed E-state index contributed by atoms with van der Waals surface area (Å²) in [7, 11) is 0. The molecule has 3 rings (SSSR count).